The third kappa shape index (κ3) is 3.06. The molecule has 0 fully saturated rings. The Morgan fingerprint density at radius 3 is 1.91 bits per heavy atom. The Kier molecular flexibility index (Phi) is 4.30. The monoisotopic (exact) mass is 306 g/mol. The Bertz CT molecular complexity index is 708. The number of benzene rings is 2. The highest BCUT2D eigenvalue weighted by atomic mass is 16.4. The molecule has 0 spiro atoms. The van der Waals surface area contributed by atoms with E-state index in [1.807, 2.05) is 32.4 Å². The lowest BCUT2D eigenvalue weighted by Gasteiger charge is -2.27. The van der Waals surface area contributed by atoms with Gasteiger partial charge in [0, 0.05) is 0 Å². The first-order valence-corrected chi connectivity index (χ1v) is 7.81. The zero-order valence-corrected chi connectivity index (χ0v) is 13.9. The molecule has 2 aromatic carbocycles. The molecule has 3 rings (SSSR count). The molecule has 0 bridgehead atoms. The van der Waals surface area contributed by atoms with E-state index in [0.717, 1.165) is 18.2 Å². The molecule has 0 aliphatic heterocycles. The standard InChI is InChI=1S/C20H22N2O/c1-20(16-10-6-4-7-11-16,17-12-8-5-9-13-17)19-21-14-18(23-19)15-22(2)3/h4-14H,15H2,1-3H3. The number of hydrogen-bond acceptors (Lipinski definition) is 3. The molecule has 0 saturated heterocycles. The second-order valence-electron chi connectivity index (χ2n) is 6.23. The van der Waals surface area contributed by atoms with E-state index in [-0.39, 0.29) is 0 Å². The molecule has 0 saturated carbocycles. The van der Waals surface area contributed by atoms with Gasteiger partial charge in [-0.2, -0.15) is 0 Å². The van der Waals surface area contributed by atoms with Gasteiger partial charge in [0.15, 0.2) is 0 Å². The van der Waals surface area contributed by atoms with Crippen molar-refractivity contribution >= 4 is 0 Å². The second-order valence-corrected chi connectivity index (χ2v) is 6.23. The third-order valence-electron chi connectivity index (χ3n) is 4.16. The topological polar surface area (TPSA) is 29.3 Å². The number of rotatable bonds is 5. The molecule has 0 amide bonds. The van der Waals surface area contributed by atoms with Crippen molar-refractivity contribution in [3.05, 3.63) is 89.6 Å². The Morgan fingerprint density at radius 1 is 0.913 bits per heavy atom. The van der Waals surface area contributed by atoms with Crippen LogP contribution in [0.15, 0.2) is 71.3 Å². The summed E-state index contributed by atoms with van der Waals surface area (Å²) in [5.41, 5.74) is 1.93. The summed E-state index contributed by atoms with van der Waals surface area (Å²) in [4.78, 5) is 6.68. The predicted octanol–water partition coefficient (Wildman–Crippen LogP) is 4.09. The molecule has 1 aromatic heterocycles. The predicted molar refractivity (Wildman–Crippen MR) is 92.3 cm³/mol. The average molecular weight is 306 g/mol. The third-order valence-corrected chi connectivity index (χ3v) is 4.16. The highest BCUT2D eigenvalue weighted by molar-refractivity contribution is 5.44. The molecule has 3 aromatic rings. The van der Waals surface area contributed by atoms with Gasteiger partial charge >= 0.3 is 0 Å². The lowest BCUT2D eigenvalue weighted by Crippen LogP contribution is -2.25. The van der Waals surface area contributed by atoms with Crippen LogP contribution in [0.3, 0.4) is 0 Å². The van der Waals surface area contributed by atoms with E-state index in [0.29, 0.717) is 0 Å². The lowest BCUT2D eigenvalue weighted by atomic mass is 9.76. The first-order chi connectivity index (χ1) is 11.1. The summed E-state index contributed by atoms with van der Waals surface area (Å²) in [7, 11) is 4.05. The Morgan fingerprint density at radius 2 is 1.43 bits per heavy atom. The Hall–Kier alpha value is -2.39. The fourth-order valence-electron chi connectivity index (χ4n) is 2.88. The van der Waals surface area contributed by atoms with Crippen LogP contribution in [0.2, 0.25) is 0 Å². The molecule has 1 heterocycles. The van der Waals surface area contributed by atoms with E-state index in [1.54, 1.807) is 0 Å². The summed E-state index contributed by atoms with van der Waals surface area (Å²) in [6.07, 6.45) is 1.83. The summed E-state index contributed by atoms with van der Waals surface area (Å²) < 4.78 is 6.12. The molecule has 23 heavy (non-hydrogen) atoms. The molecule has 0 N–H and O–H groups in total. The smallest absolute Gasteiger partial charge is 0.209 e. The van der Waals surface area contributed by atoms with E-state index in [2.05, 4.69) is 65.3 Å². The fraction of sp³-hybridized carbons (Fsp3) is 0.250. The van der Waals surface area contributed by atoms with E-state index in [9.17, 15) is 0 Å². The minimum absolute atomic E-state index is 0.410. The van der Waals surface area contributed by atoms with Gasteiger partial charge in [0.25, 0.3) is 0 Å². The van der Waals surface area contributed by atoms with Crippen LogP contribution < -0.4 is 0 Å². The molecule has 0 aliphatic rings. The van der Waals surface area contributed by atoms with Crippen LogP contribution in [0.1, 0.15) is 29.7 Å². The maximum absolute atomic E-state index is 6.12. The van der Waals surface area contributed by atoms with Crippen molar-refractivity contribution in [2.45, 2.75) is 18.9 Å². The molecule has 3 nitrogen and oxygen atoms in total. The number of aromatic nitrogens is 1. The molecular weight excluding hydrogens is 284 g/mol. The van der Waals surface area contributed by atoms with Crippen LogP contribution in [0.4, 0.5) is 0 Å². The largest absolute Gasteiger partial charge is 0.443 e. The molecule has 0 atom stereocenters. The second kappa shape index (κ2) is 6.39. The van der Waals surface area contributed by atoms with Gasteiger partial charge in [-0.3, -0.25) is 0 Å². The number of oxazole rings is 1. The highest BCUT2D eigenvalue weighted by Crippen LogP contribution is 2.38. The fourth-order valence-corrected chi connectivity index (χ4v) is 2.88. The molecule has 0 unspecified atom stereocenters. The minimum atomic E-state index is -0.410. The first kappa shape index (κ1) is 15.5. The minimum Gasteiger partial charge on any atom is -0.443 e. The van der Waals surface area contributed by atoms with Crippen molar-refractivity contribution in [1.29, 1.82) is 0 Å². The molecule has 3 heteroatoms. The van der Waals surface area contributed by atoms with Crippen LogP contribution in [0.5, 0.6) is 0 Å². The highest BCUT2D eigenvalue weighted by Gasteiger charge is 2.35. The summed E-state index contributed by atoms with van der Waals surface area (Å²) in [5.74, 6) is 1.61. The van der Waals surface area contributed by atoms with E-state index < -0.39 is 5.41 Å². The maximum atomic E-state index is 6.12. The maximum Gasteiger partial charge on any atom is 0.209 e. The van der Waals surface area contributed by atoms with Crippen LogP contribution in [0, 0.1) is 0 Å². The van der Waals surface area contributed by atoms with Gasteiger partial charge in [-0.25, -0.2) is 4.98 Å². The van der Waals surface area contributed by atoms with Gasteiger partial charge in [0.05, 0.1) is 18.2 Å². The van der Waals surface area contributed by atoms with Crippen molar-refractivity contribution in [2.24, 2.45) is 0 Å². The number of nitrogens with zero attached hydrogens (tertiary/aromatic N) is 2. The molecule has 0 aliphatic carbocycles. The van der Waals surface area contributed by atoms with Crippen molar-refractivity contribution in [1.82, 2.24) is 9.88 Å². The SMILES string of the molecule is CN(C)Cc1cnc(C(C)(c2ccccc2)c2ccccc2)o1. The van der Waals surface area contributed by atoms with E-state index in [4.69, 9.17) is 4.42 Å². The zero-order chi connectivity index (χ0) is 16.3. The van der Waals surface area contributed by atoms with Crippen LogP contribution >= 0.6 is 0 Å². The van der Waals surface area contributed by atoms with Gasteiger partial charge in [0.1, 0.15) is 5.76 Å². The first-order valence-electron chi connectivity index (χ1n) is 7.81. The van der Waals surface area contributed by atoms with E-state index >= 15 is 0 Å². The van der Waals surface area contributed by atoms with Crippen LogP contribution in [0.25, 0.3) is 0 Å². The number of hydrogen-bond donors (Lipinski definition) is 0. The Labute approximate surface area is 137 Å². The van der Waals surface area contributed by atoms with Crippen molar-refractivity contribution in [3.8, 4) is 0 Å². The summed E-state index contributed by atoms with van der Waals surface area (Å²) in [5, 5.41) is 0. The van der Waals surface area contributed by atoms with Gasteiger partial charge in [0.2, 0.25) is 5.89 Å². The Balaban J connectivity index is 2.11. The molecular formula is C20H22N2O. The van der Waals surface area contributed by atoms with Gasteiger partial charge < -0.3 is 9.32 Å². The van der Waals surface area contributed by atoms with Crippen molar-refractivity contribution in [3.63, 3.8) is 0 Å². The molecule has 0 radical (unpaired) electrons. The van der Waals surface area contributed by atoms with Crippen molar-refractivity contribution < 1.29 is 4.42 Å². The molecule has 118 valence electrons. The van der Waals surface area contributed by atoms with Crippen LogP contribution in [-0.2, 0) is 12.0 Å². The summed E-state index contributed by atoms with van der Waals surface area (Å²) in [6, 6.07) is 20.8. The quantitative estimate of drug-likeness (QED) is 0.711. The summed E-state index contributed by atoms with van der Waals surface area (Å²) in [6.45, 7) is 2.91. The lowest BCUT2D eigenvalue weighted by molar-refractivity contribution is 0.327. The van der Waals surface area contributed by atoms with Gasteiger partial charge in [-0.15, -0.1) is 0 Å². The van der Waals surface area contributed by atoms with Crippen molar-refractivity contribution in [2.75, 3.05) is 14.1 Å². The van der Waals surface area contributed by atoms with Gasteiger partial charge in [-0.05, 0) is 32.1 Å². The average Bonchev–Trinajstić information content (AvgIpc) is 3.04. The van der Waals surface area contributed by atoms with E-state index in [1.165, 1.54) is 11.1 Å². The zero-order valence-electron chi connectivity index (χ0n) is 13.9. The summed E-state index contributed by atoms with van der Waals surface area (Å²) >= 11 is 0. The van der Waals surface area contributed by atoms with Crippen LogP contribution in [-0.4, -0.2) is 24.0 Å². The van der Waals surface area contributed by atoms with Gasteiger partial charge in [-0.1, -0.05) is 60.7 Å². The normalized spacial score (nSPS) is 11.8.